The normalized spacial score (nSPS) is 23.7. The molecule has 3 aliphatic rings. The van der Waals surface area contributed by atoms with Crippen molar-refractivity contribution in [1.29, 1.82) is 0 Å². The molecule has 3 aromatic rings. The van der Waals surface area contributed by atoms with Crippen LogP contribution in [-0.4, -0.2) is 78.5 Å². The van der Waals surface area contributed by atoms with Gasteiger partial charge in [0.2, 0.25) is 15.9 Å². The zero-order chi connectivity index (χ0) is 26.7. The number of aromatic nitrogens is 1. The molecule has 12 heteroatoms. The molecule has 0 radical (unpaired) electrons. The Morgan fingerprint density at radius 3 is 2.39 bits per heavy atom. The van der Waals surface area contributed by atoms with Crippen LogP contribution in [0.1, 0.15) is 12.8 Å². The molecule has 0 saturated carbocycles. The first-order valence-electron chi connectivity index (χ1n) is 12.2. The highest BCUT2D eigenvalue weighted by atomic mass is 35.5. The number of anilines is 1. The fraction of sp³-hybridized carbons (Fsp3) is 0.346. The van der Waals surface area contributed by atoms with Crippen molar-refractivity contribution in [2.24, 2.45) is 0 Å². The van der Waals surface area contributed by atoms with Gasteiger partial charge >= 0.3 is 0 Å². The van der Waals surface area contributed by atoms with Crippen LogP contribution in [0, 0.1) is 0 Å². The second-order valence-corrected chi connectivity index (χ2v) is 12.3. The summed E-state index contributed by atoms with van der Waals surface area (Å²) in [5.74, 6) is -2.27. The van der Waals surface area contributed by atoms with Crippen LogP contribution in [-0.2, 0) is 24.3 Å². The molecule has 1 unspecified atom stereocenters. The van der Waals surface area contributed by atoms with Gasteiger partial charge in [-0.2, -0.15) is 4.31 Å². The van der Waals surface area contributed by atoms with E-state index in [4.69, 9.17) is 16.3 Å². The Balaban J connectivity index is 1.28. The maximum Gasteiger partial charge on any atom is 0.243 e. The van der Waals surface area contributed by atoms with E-state index in [0.29, 0.717) is 36.3 Å². The molecule has 1 aromatic heterocycles. The van der Waals surface area contributed by atoms with E-state index in [-0.39, 0.29) is 11.4 Å². The van der Waals surface area contributed by atoms with Crippen LogP contribution in [0.15, 0.2) is 65.8 Å². The second kappa shape index (κ2) is 8.91. The van der Waals surface area contributed by atoms with Crippen LogP contribution in [0.5, 0.6) is 0 Å². The predicted molar refractivity (Wildman–Crippen MR) is 137 cm³/mol. The summed E-state index contributed by atoms with van der Waals surface area (Å²) < 4.78 is 34.3. The Morgan fingerprint density at radius 1 is 1.00 bits per heavy atom. The van der Waals surface area contributed by atoms with E-state index in [9.17, 15) is 23.1 Å². The van der Waals surface area contributed by atoms with Crippen molar-refractivity contribution < 1.29 is 27.9 Å². The number of nitrogens with zero attached hydrogens (tertiary/aromatic N) is 4. The highest BCUT2D eigenvalue weighted by molar-refractivity contribution is 7.89. The smallest absolute Gasteiger partial charge is 0.243 e. The number of benzene rings is 2. The average Bonchev–Trinajstić information content (AvgIpc) is 3.25. The van der Waals surface area contributed by atoms with Crippen LogP contribution < -0.4 is 10.0 Å². The molecule has 0 bridgehead atoms. The zero-order valence-corrected chi connectivity index (χ0v) is 21.8. The van der Waals surface area contributed by atoms with Gasteiger partial charge in [-0.3, -0.25) is 9.78 Å². The minimum absolute atomic E-state index is 0.0551. The highest BCUT2D eigenvalue weighted by Gasteiger charge is 2.61. The van der Waals surface area contributed by atoms with E-state index < -0.39 is 46.3 Å². The number of ether oxygens (including phenoxy) is 1. The van der Waals surface area contributed by atoms with E-state index in [2.05, 4.69) is 9.88 Å². The molecule has 4 heterocycles. The topological polar surface area (TPSA) is 123 Å². The molecule has 1 atom stereocenters. The summed E-state index contributed by atoms with van der Waals surface area (Å²) in [5.41, 5.74) is -2.13. The SMILES string of the molecule is O=C1CN(S(=O)(=O)c2ccc3cc(Cl)ccc3c2)CC2(C(=O)[O-])OC3(CCN(c4ccncc4)CC3)CN12. The van der Waals surface area contributed by atoms with Crippen LogP contribution in [0.4, 0.5) is 5.69 Å². The van der Waals surface area contributed by atoms with Crippen molar-refractivity contribution in [3.8, 4) is 0 Å². The van der Waals surface area contributed by atoms with Gasteiger partial charge in [0, 0.05) is 36.2 Å². The number of piperidine rings is 1. The fourth-order valence-electron chi connectivity index (χ4n) is 5.68. The monoisotopic (exact) mass is 555 g/mol. The first-order valence-corrected chi connectivity index (χ1v) is 14.0. The van der Waals surface area contributed by atoms with E-state index in [1.54, 1.807) is 36.7 Å². The van der Waals surface area contributed by atoms with Gasteiger partial charge in [-0.15, -0.1) is 0 Å². The number of halogens is 1. The summed E-state index contributed by atoms with van der Waals surface area (Å²) in [4.78, 5) is 33.1. The van der Waals surface area contributed by atoms with E-state index >= 15 is 0 Å². The maximum absolute atomic E-state index is 13.6. The van der Waals surface area contributed by atoms with Gasteiger partial charge < -0.3 is 24.4 Å². The van der Waals surface area contributed by atoms with Gasteiger partial charge in [0.1, 0.15) is 0 Å². The third-order valence-corrected chi connectivity index (χ3v) is 9.73. The molecular formula is C26H24ClN4O6S-. The van der Waals surface area contributed by atoms with Gasteiger partial charge in [-0.05, 0) is 60.0 Å². The van der Waals surface area contributed by atoms with Crippen LogP contribution >= 0.6 is 11.6 Å². The largest absolute Gasteiger partial charge is 0.545 e. The average molecular weight is 556 g/mol. The number of amides is 1. The lowest BCUT2D eigenvalue weighted by atomic mass is 9.91. The minimum Gasteiger partial charge on any atom is -0.545 e. The van der Waals surface area contributed by atoms with E-state index in [0.717, 1.165) is 20.3 Å². The molecule has 1 amide bonds. The number of pyridine rings is 1. The number of sulfonamides is 1. The fourth-order valence-corrected chi connectivity index (χ4v) is 7.30. The van der Waals surface area contributed by atoms with Gasteiger partial charge in [-0.1, -0.05) is 23.7 Å². The Hall–Kier alpha value is -3.25. The number of carboxylic acids is 1. The number of hydrogen-bond acceptors (Lipinski definition) is 8. The Bertz CT molecular complexity index is 1540. The Labute approximate surface area is 224 Å². The van der Waals surface area contributed by atoms with Crippen molar-refractivity contribution in [2.75, 3.05) is 37.6 Å². The molecule has 198 valence electrons. The zero-order valence-electron chi connectivity index (χ0n) is 20.2. The van der Waals surface area contributed by atoms with Crippen molar-refractivity contribution in [2.45, 2.75) is 29.1 Å². The highest BCUT2D eigenvalue weighted by Crippen LogP contribution is 2.44. The van der Waals surface area contributed by atoms with Gasteiger partial charge in [-0.25, -0.2) is 8.42 Å². The van der Waals surface area contributed by atoms with Crippen LogP contribution in [0.25, 0.3) is 10.8 Å². The third kappa shape index (κ3) is 4.01. The number of rotatable bonds is 4. The molecule has 0 aliphatic carbocycles. The Morgan fingerprint density at radius 2 is 1.68 bits per heavy atom. The second-order valence-electron chi connectivity index (χ2n) is 9.96. The number of fused-ring (bicyclic) bond motifs is 2. The summed E-state index contributed by atoms with van der Waals surface area (Å²) in [6.45, 7) is 0.182. The molecule has 3 saturated heterocycles. The molecule has 1 spiro atoms. The van der Waals surface area contributed by atoms with Crippen molar-refractivity contribution in [3.63, 3.8) is 0 Å². The van der Waals surface area contributed by atoms with Gasteiger partial charge in [0.25, 0.3) is 0 Å². The minimum atomic E-state index is -4.23. The molecule has 6 rings (SSSR count). The van der Waals surface area contributed by atoms with Gasteiger partial charge in [0.05, 0.1) is 36.1 Å². The number of carboxylic acid groups (broad SMARTS) is 1. The number of carbonyl (C=O) groups is 2. The summed E-state index contributed by atoms with van der Waals surface area (Å²) >= 11 is 6.03. The first-order chi connectivity index (χ1) is 18.1. The van der Waals surface area contributed by atoms with Crippen LogP contribution in [0.2, 0.25) is 5.02 Å². The molecule has 2 aromatic carbocycles. The van der Waals surface area contributed by atoms with Crippen molar-refractivity contribution >= 4 is 50.0 Å². The van der Waals surface area contributed by atoms with E-state index in [1.165, 1.54) is 12.1 Å². The third-order valence-electron chi connectivity index (χ3n) is 7.70. The number of carbonyl (C=O) groups excluding carboxylic acids is 2. The summed E-state index contributed by atoms with van der Waals surface area (Å²) in [7, 11) is -4.23. The lowest BCUT2D eigenvalue weighted by molar-refractivity contribution is -0.338. The predicted octanol–water partition coefficient (Wildman–Crippen LogP) is 1.24. The molecule has 3 fully saturated rings. The van der Waals surface area contributed by atoms with Gasteiger partial charge in [0.15, 0.2) is 5.72 Å². The molecular weight excluding hydrogens is 532 g/mol. The molecule has 38 heavy (non-hydrogen) atoms. The summed E-state index contributed by atoms with van der Waals surface area (Å²) in [6, 6.07) is 13.4. The quantitative estimate of drug-likeness (QED) is 0.471. The first kappa shape index (κ1) is 25.1. The van der Waals surface area contributed by atoms with Crippen LogP contribution in [0.3, 0.4) is 0 Å². The molecule has 10 nitrogen and oxygen atoms in total. The lowest BCUT2D eigenvalue weighted by Gasteiger charge is -2.45. The van der Waals surface area contributed by atoms with Crippen molar-refractivity contribution in [1.82, 2.24) is 14.2 Å². The maximum atomic E-state index is 13.6. The number of hydrogen-bond donors (Lipinski definition) is 0. The number of piperazine rings is 1. The summed E-state index contributed by atoms with van der Waals surface area (Å²) in [5, 5.41) is 14.5. The summed E-state index contributed by atoms with van der Waals surface area (Å²) in [6.07, 6.45) is 4.34. The van der Waals surface area contributed by atoms with E-state index in [1.807, 2.05) is 12.1 Å². The number of aliphatic carboxylic acids is 1. The lowest BCUT2D eigenvalue weighted by Crippen LogP contribution is -2.70. The molecule has 3 aliphatic heterocycles. The standard InChI is InChI=1S/C26H25ClN4O6S/c27-20-3-1-19-14-22(4-2-18(19)13-20)38(35,36)30-15-23(32)31-16-25(37-26(31,17-30)24(33)34)7-11-29(12-8-25)21-5-9-28-10-6-21/h1-6,9-10,13-14H,7-8,11-12,15-17H2,(H,33,34)/p-1. The van der Waals surface area contributed by atoms with Crippen molar-refractivity contribution in [3.05, 3.63) is 65.9 Å². The Kier molecular flexibility index (Phi) is 5.87. The molecule has 0 N–H and O–H groups in total.